The van der Waals surface area contributed by atoms with E-state index < -0.39 is 7.14 Å². The lowest BCUT2D eigenvalue weighted by Gasteiger charge is -2.31. The number of para-hydroxylation sites is 1. The van der Waals surface area contributed by atoms with E-state index in [0.717, 1.165) is 36.0 Å². The van der Waals surface area contributed by atoms with Crippen LogP contribution in [0.1, 0.15) is 30.0 Å². The van der Waals surface area contributed by atoms with Crippen molar-refractivity contribution in [3.05, 3.63) is 58.7 Å². The van der Waals surface area contributed by atoms with Crippen molar-refractivity contribution in [2.45, 2.75) is 25.3 Å². The second kappa shape index (κ2) is 9.95. The lowest BCUT2D eigenvalue weighted by Crippen LogP contribution is -2.24. The molecule has 0 radical (unpaired) electrons. The predicted molar refractivity (Wildman–Crippen MR) is 141 cm³/mol. The number of nitrogens with one attached hydrogen (secondary N) is 2. The monoisotopic (exact) mass is 499 g/mol. The zero-order chi connectivity index (χ0) is 24.5. The number of rotatable bonds is 7. The van der Waals surface area contributed by atoms with Gasteiger partial charge in [-0.25, -0.2) is 4.98 Å². The number of hydrogen-bond acceptors (Lipinski definition) is 7. The Morgan fingerprint density at radius 3 is 2.62 bits per heavy atom. The van der Waals surface area contributed by atoms with Crippen molar-refractivity contribution in [1.82, 2.24) is 14.9 Å². The highest BCUT2D eigenvalue weighted by atomic mass is 35.5. The van der Waals surface area contributed by atoms with Gasteiger partial charge in [0.1, 0.15) is 17.9 Å². The van der Waals surface area contributed by atoms with Crippen molar-refractivity contribution < 1.29 is 9.30 Å². The quantitative estimate of drug-likeness (QED) is 0.397. The van der Waals surface area contributed by atoms with Crippen molar-refractivity contribution in [3.8, 4) is 5.75 Å². The van der Waals surface area contributed by atoms with Gasteiger partial charge < -0.3 is 24.8 Å². The first-order valence-corrected chi connectivity index (χ1v) is 14.2. The SMILES string of the molecule is COc1cc2c(cc1Nc1ncc(Cl)c(Nc3ccccc3P(C)(C)=O)n1)[C@@H](N(C)C)CCC2. The average molecular weight is 500 g/mol. The van der Waals surface area contributed by atoms with Crippen molar-refractivity contribution >= 4 is 47.2 Å². The maximum atomic E-state index is 12.7. The van der Waals surface area contributed by atoms with Crippen LogP contribution in [0.3, 0.4) is 0 Å². The first kappa shape index (κ1) is 24.5. The Labute approximate surface area is 206 Å². The molecule has 2 N–H and O–H groups in total. The number of nitrogens with zero attached hydrogens (tertiary/aromatic N) is 3. The summed E-state index contributed by atoms with van der Waals surface area (Å²) in [6.07, 6.45) is 4.87. The first-order valence-electron chi connectivity index (χ1n) is 11.3. The fourth-order valence-corrected chi connectivity index (χ4v) is 5.72. The number of ether oxygens (including phenoxy) is 1. The van der Waals surface area contributed by atoms with Crippen LogP contribution in [0, 0.1) is 0 Å². The summed E-state index contributed by atoms with van der Waals surface area (Å²) in [5.74, 6) is 1.56. The minimum absolute atomic E-state index is 0.355. The molecule has 0 saturated carbocycles. The van der Waals surface area contributed by atoms with Gasteiger partial charge in [0.25, 0.3) is 0 Å². The van der Waals surface area contributed by atoms with E-state index in [0.29, 0.717) is 28.5 Å². The second-order valence-corrected chi connectivity index (χ2v) is 12.7. The van der Waals surface area contributed by atoms with Crippen LogP contribution in [0.25, 0.3) is 0 Å². The summed E-state index contributed by atoms with van der Waals surface area (Å²) in [7, 11) is 3.39. The molecule has 4 rings (SSSR count). The predicted octanol–water partition coefficient (Wildman–Crippen LogP) is 5.81. The molecule has 180 valence electrons. The molecule has 0 bridgehead atoms. The lowest BCUT2D eigenvalue weighted by atomic mass is 9.86. The molecule has 1 heterocycles. The van der Waals surface area contributed by atoms with Gasteiger partial charge in [-0.1, -0.05) is 23.7 Å². The normalized spacial score (nSPS) is 15.7. The van der Waals surface area contributed by atoms with Crippen LogP contribution in [0.2, 0.25) is 5.02 Å². The molecule has 9 heteroatoms. The lowest BCUT2D eigenvalue weighted by molar-refractivity contribution is 0.268. The molecule has 3 aromatic rings. The minimum Gasteiger partial charge on any atom is -0.495 e. The van der Waals surface area contributed by atoms with Crippen LogP contribution in [0.15, 0.2) is 42.6 Å². The van der Waals surface area contributed by atoms with E-state index in [1.165, 1.54) is 11.1 Å². The second-order valence-electron chi connectivity index (χ2n) is 9.13. The van der Waals surface area contributed by atoms with E-state index in [1.807, 2.05) is 24.3 Å². The van der Waals surface area contributed by atoms with Crippen molar-refractivity contribution in [1.29, 1.82) is 0 Å². The summed E-state index contributed by atoms with van der Waals surface area (Å²) < 4.78 is 18.4. The molecule has 2 aromatic carbocycles. The van der Waals surface area contributed by atoms with Gasteiger partial charge in [-0.3, -0.25) is 0 Å². The Hall–Kier alpha value is -2.60. The highest BCUT2D eigenvalue weighted by molar-refractivity contribution is 7.70. The molecular formula is C25H31ClN5O2P. The molecule has 1 aromatic heterocycles. The van der Waals surface area contributed by atoms with E-state index >= 15 is 0 Å². The minimum atomic E-state index is -2.50. The average Bonchev–Trinajstić information content (AvgIpc) is 2.80. The molecule has 1 atom stereocenters. The van der Waals surface area contributed by atoms with E-state index in [9.17, 15) is 4.57 Å². The van der Waals surface area contributed by atoms with Gasteiger partial charge in [-0.2, -0.15) is 4.98 Å². The Morgan fingerprint density at radius 1 is 1.15 bits per heavy atom. The van der Waals surface area contributed by atoms with E-state index in [4.69, 9.17) is 16.3 Å². The smallest absolute Gasteiger partial charge is 0.229 e. The van der Waals surface area contributed by atoms with Crippen LogP contribution >= 0.6 is 18.7 Å². The van der Waals surface area contributed by atoms with E-state index in [2.05, 4.69) is 51.7 Å². The van der Waals surface area contributed by atoms with Crippen molar-refractivity contribution in [2.75, 3.05) is 45.2 Å². The van der Waals surface area contributed by atoms with E-state index in [1.54, 1.807) is 26.6 Å². The summed E-state index contributed by atoms with van der Waals surface area (Å²) in [6.45, 7) is 3.48. The van der Waals surface area contributed by atoms with Crippen LogP contribution in [0.4, 0.5) is 23.1 Å². The Morgan fingerprint density at radius 2 is 1.91 bits per heavy atom. The summed E-state index contributed by atoms with van der Waals surface area (Å²) in [6, 6.07) is 12.1. The maximum Gasteiger partial charge on any atom is 0.229 e. The zero-order valence-electron chi connectivity index (χ0n) is 20.2. The first-order chi connectivity index (χ1) is 16.2. The van der Waals surface area contributed by atoms with Crippen molar-refractivity contribution in [3.63, 3.8) is 0 Å². The summed E-state index contributed by atoms with van der Waals surface area (Å²) in [5, 5.41) is 7.66. The van der Waals surface area contributed by atoms with Gasteiger partial charge in [0, 0.05) is 11.3 Å². The number of halogens is 1. The van der Waals surface area contributed by atoms with Gasteiger partial charge in [0.05, 0.1) is 24.7 Å². The molecule has 1 aliphatic rings. The summed E-state index contributed by atoms with van der Waals surface area (Å²) in [5.41, 5.74) is 4.12. The fraction of sp³-hybridized carbons (Fsp3) is 0.360. The largest absolute Gasteiger partial charge is 0.495 e. The van der Waals surface area contributed by atoms with Gasteiger partial charge in [0.15, 0.2) is 5.82 Å². The molecule has 0 saturated heterocycles. The molecule has 0 spiro atoms. The Balaban J connectivity index is 1.67. The third-order valence-electron chi connectivity index (χ3n) is 6.10. The van der Waals surface area contributed by atoms with Gasteiger partial charge in [-0.05, 0) is 82.1 Å². The summed E-state index contributed by atoms with van der Waals surface area (Å²) in [4.78, 5) is 11.2. The number of fused-ring (bicyclic) bond motifs is 1. The highest BCUT2D eigenvalue weighted by Gasteiger charge is 2.24. The molecular weight excluding hydrogens is 469 g/mol. The van der Waals surface area contributed by atoms with Crippen LogP contribution in [-0.2, 0) is 11.0 Å². The van der Waals surface area contributed by atoms with Gasteiger partial charge in [-0.15, -0.1) is 0 Å². The number of methoxy groups -OCH3 is 1. The molecule has 0 aliphatic heterocycles. The number of hydrogen-bond donors (Lipinski definition) is 2. The van der Waals surface area contributed by atoms with Crippen molar-refractivity contribution in [2.24, 2.45) is 0 Å². The number of aromatic nitrogens is 2. The number of benzene rings is 2. The molecule has 34 heavy (non-hydrogen) atoms. The van der Waals surface area contributed by atoms with E-state index in [-0.39, 0.29) is 0 Å². The molecule has 7 nitrogen and oxygen atoms in total. The van der Waals surface area contributed by atoms with Crippen LogP contribution in [-0.4, -0.2) is 49.4 Å². The topological polar surface area (TPSA) is 79.4 Å². The van der Waals surface area contributed by atoms with Gasteiger partial charge in [0.2, 0.25) is 5.95 Å². The van der Waals surface area contributed by atoms with Crippen LogP contribution in [0.5, 0.6) is 5.75 Å². The molecule has 0 fully saturated rings. The molecule has 1 aliphatic carbocycles. The third kappa shape index (κ3) is 5.22. The Kier molecular flexibility index (Phi) is 7.17. The van der Waals surface area contributed by atoms with Gasteiger partial charge >= 0.3 is 0 Å². The Bertz CT molecular complexity index is 1240. The number of anilines is 4. The maximum absolute atomic E-state index is 12.7. The fourth-order valence-electron chi connectivity index (χ4n) is 4.42. The summed E-state index contributed by atoms with van der Waals surface area (Å²) >= 11 is 6.41. The highest BCUT2D eigenvalue weighted by Crippen LogP contribution is 2.41. The van der Waals surface area contributed by atoms with Crippen LogP contribution < -0.4 is 20.7 Å². The standard InChI is InChI=1S/C25H31ClN5O2P/c1-31(2)21-11-8-9-16-13-22(33-3)20(14-17(16)21)29-25-27-15-18(26)24(30-25)28-19-10-6-7-12-23(19)34(4,5)32/h6-7,10,12-15,21H,8-9,11H2,1-5H3,(H2,27,28,29,30)/t21-/m0/s1. The number of aryl methyl sites for hydroxylation is 1. The third-order valence-corrected chi connectivity index (χ3v) is 7.92. The zero-order valence-corrected chi connectivity index (χ0v) is 21.9. The molecule has 0 amide bonds. The molecule has 0 unspecified atom stereocenters.